The largest absolute Gasteiger partial charge is 0.494 e. The first-order valence-electron chi connectivity index (χ1n) is 6.86. The van der Waals surface area contributed by atoms with Crippen LogP contribution in [0.5, 0.6) is 5.75 Å². The average Bonchev–Trinajstić information content (AvgIpc) is 2.45. The predicted octanol–water partition coefficient (Wildman–Crippen LogP) is 1.57. The number of aliphatic hydroxyl groups is 1. The van der Waals surface area contributed by atoms with E-state index in [1.54, 1.807) is 6.92 Å². The maximum absolute atomic E-state index is 11.0. The van der Waals surface area contributed by atoms with Gasteiger partial charge in [0.2, 0.25) is 0 Å². The lowest BCUT2D eigenvalue weighted by atomic mass is 9.92. The Hall–Kier alpha value is -1.59. The number of ether oxygens (including phenoxy) is 1. The highest BCUT2D eigenvalue weighted by molar-refractivity contribution is 5.78. The fraction of sp³-hybridized carbons (Fsp3) is 0.533. The van der Waals surface area contributed by atoms with Gasteiger partial charge < -0.3 is 20.7 Å². The summed E-state index contributed by atoms with van der Waals surface area (Å²) in [7, 11) is 0. The Kier molecular flexibility index (Phi) is 6.48. The molecule has 1 unspecified atom stereocenters. The second-order valence-corrected chi connectivity index (χ2v) is 4.88. The molecule has 0 saturated carbocycles. The van der Waals surface area contributed by atoms with Crippen LogP contribution >= 0.6 is 0 Å². The van der Waals surface area contributed by atoms with E-state index in [2.05, 4.69) is 0 Å². The summed E-state index contributed by atoms with van der Waals surface area (Å²) in [5.41, 5.74) is 5.69. The van der Waals surface area contributed by atoms with Crippen LogP contribution in [-0.4, -0.2) is 34.9 Å². The summed E-state index contributed by atoms with van der Waals surface area (Å²) in [5.74, 6) is -0.227. The van der Waals surface area contributed by atoms with E-state index in [0.29, 0.717) is 32.3 Å². The van der Waals surface area contributed by atoms with Crippen molar-refractivity contribution in [3.8, 4) is 5.75 Å². The number of carbonyl (C=O) groups is 1. The number of carboxylic acid groups (broad SMARTS) is 1. The number of carboxylic acids is 1. The molecule has 1 rings (SSSR count). The zero-order valence-electron chi connectivity index (χ0n) is 11.8. The van der Waals surface area contributed by atoms with Crippen molar-refractivity contribution in [1.82, 2.24) is 0 Å². The molecule has 20 heavy (non-hydrogen) atoms. The minimum Gasteiger partial charge on any atom is -0.494 e. The number of hydrogen-bond donors (Lipinski definition) is 3. The second-order valence-electron chi connectivity index (χ2n) is 4.88. The molecule has 112 valence electrons. The van der Waals surface area contributed by atoms with Crippen LogP contribution in [0.3, 0.4) is 0 Å². The van der Waals surface area contributed by atoms with Crippen LogP contribution in [0.1, 0.15) is 31.7 Å². The predicted molar refractivity (Wildman–Crippen MR) is 76.8 cm³/mol. The summed E-state index contributed by atoms with van der Waals surface area (Å²) in [6.07, 6.45) is 2.01. The van der Waals surface area contributed by atoms with Gasteiger partial charge in [0.05, 0.1) is 6.61 Å². The third-order valence-corrected chi connectivity index (χ3v) is 3.42. The molecule has 0 heterocycles. The molecule has 5 heteroatoms. The van der Waals surface area contributed by atoms with Gasteiger partial charge in [-0.2, -0.15) is 0 Å². The Morgan fingerprint density at radius 1 is 1.35 bits per heavy atom. The molecule has 0 aromatic heterocycles. The van der Waals surface area contributed by atoms with Crippen molar-refractivity contribution in [2.24, 2.45) is 5.73 Å². The zero-order chi connectivity index (χ0) is 15.0. The van der Waals surface area contributed by atoms with Gasteiger partial charge in [-0.25, -0.2) is 0 Å². The van der Waals surface area contributed by atoms with E-state index in [9.17, 15) is 4.79 Å². The molecule has 4 N–H and O–H groups in total. The Morgan fingerprint density at radius 3 is 2.50 bits per heavy atom. The van der Waals surface area contributed by atoms with Gasteiger partial charge in [0.1, 0.15) is 11.3 Å². The SMILES string of the molecule is CCC(N)(CCCOc1ccc(CCO)cc1)C(=O)O. The van der Waals surface area contributed by atoms with Crippen molar-refractivity contribution >= 4 is 5.97 Å². The smallest absolute Gasteiger partial charge is 0.323 e. The standard InChI is InChI=1S/C15H23NO4/c1-2-15(16,14(18)19)9-3-11-20-13-6-4-12(5-7-13)8-10-17/h4-7,17H,2-3,8-11,16H2,1H3,(H,18,19). The maximum Gasteiger partial charge on any atom is 0.323 e. The molecular formula is C15H23NO4. The molecular weight excluding hydrogens is 258 g/mol. The van der Waals surface area contributed by atoms with Crippen LogP contribution in [0.4, 0.5) is 0 Å². The van der Waals surface area contributed by atoms with Gasteiger partial charge in [0, 0.05) is 6.61 Å². The topological polar surface area (TPSA) is 92.8 Å². The first-order chi connectivity index (χ1) is 9.51. The van der Waals surface area contributed by atoms with Gasteiger partial charge in [0.15, 0.2) is 0 Å². The molecule has 0 aliphatic carbocycles. The maximum atomic E-state index is 11.0. The van der Waals surface area contributed by atoms with Gasteiger partial charge >= 0.3 is 5.97 Å². The minimum atomic E-state index is -1.16. The molecule has 0 radical (unpaired) electrons. The van der Waals surface area contributed by atoms with Crippen LogP contribution < -0.4 is 10.5 Å². The Labute approximate surface area is 119 Å². The highest BCUT2D eigenvalue weighted by Gasteiger charge is 2.30. The quantitative estimate of drug-likeness (QED) is 0.597. The molecule has 0 saturated heterocycles. The van der Waals surface area contributed by atoms with Crippen LogP contribution in [0.25, 0.3) is 0 Å². The second kappa shape index (κ2) is 7.87. The summed E-state index contributed by atoms with van der Waals surface area (Å²) in [6, 6.07) is 7.50. The molecule has 0 aliphatic rings. The molecule has 1 aromatic rings. The molecule has 5 nitrogen and oxygen atoms in total. The lowest BCUT2D eigenvalue weighted by Crippen LogP contribution is -2.47. The van der Waals surface area contributed by atoms with Crippen molar-refractivity contribution in [1.29, 1.82) is 0 Å². The van der Waals surface area contributed by atoms with Crippen LogP contribution in [0.15, 0.2) is 24.3 Å². The van der Waals surface area contributed by atoms with E-state index in [1.807, 2.05) is 24.3 Å². The summed E-state index contributed by atoms with van der Waals surface area (Å²) in [4.78, 5) is 11.0. The summed E-state index contributed by atoms with van der Waals surface area (Å²) in [6.45, 7) is 2.34. The number of aliphatic carboxylic acids is 1. The Balaban J connectivity index is 2.35. The van der Waals surface area contributed by atoms with Crippen molar-refractivity contribution in [3.05, 3.63) is 29.8 Å². The molecule has 1 atom stereocenters. The van der Waals surface area contributed by atoms with E-state index in [-0.39, 0.29) is 6.61 Å². The van der Waals surface area contributed by atoms with Crippen molar-refractivity contribution < 1.29 is 19.7 Å². The average molecular weight is 281 g/mol. The highest BCUT2D eigenvalue weighted by Crippen LogP contribution is 2.16. The molecule has 0 bridgehead atoms. The summed E-state index contributed by atoms with van der Waals surface area (Å²) >= 11 is 0. The first-order valence-corrected chi connectivity index (χ1v) is 6.86. The van der Waals surface area contributed by atoms with Crippen LogP contribution in [0.2, 0.25) is 0 Å². The monoisotopic (exact) mass is 281 g/mol. The van der Waals surface area contributed by atoms with Crippen molar-refractivity contribution in [3.63, 3.8) is 0 Å². The minimum absolute atomic E-state index is 0.130. The van der Waals surface area contributed by atoms with E-state index < -0.39 is 11.5 Å². The van der Waals surface area contributed by atoms with Gasteiger partial charge in [0.25, 0.3) is 0 Å². The number of aliphatic hydroxyl groups excluding tert-OH is 1. The number of benzene rings is 1. The normalized spacial score (nSPS) is 13.8. The van der Waals surface area contributed by atoms with Gasteiger partial charge in [-0.05, 0) is 43.4 Å². The highest BCUT2D eigenvalue weighted by atomic mass is 16.5. The lowest BCUT2D eigenvalue weighted by Gasteiger charge is -2.22. The summed E-state index contributed by atoms with van der Waals surface area (Å²) in [5, 5.41) is 17.9. The third-order valence-electron chi connectivity index (χ3n) is 3.42. The van der Waals surface area contributed by atoms with Crippen LogP contribution in [0, 0.1) is 0 Å². The van der Waals surface area contributed by atoms with E-state index in [0.717, 1.165) is 11.3 Å². The Bertz CT molecular complexity index is 418. The third kappa shape index (κ3) is 4.83. The number of rotatable bonds is 9. The molecule has 1 aromatic carbocycles. The zero-order valence-corrected chi connectivity index (χ0v) is 11.8. The lowest BCUT2D eigenvalue weighted by molar-refractivity contribution is -0.143. The van der Waals surface area contributed by atoms with Crippen molar-refractivity contribution in [2.75, 3.05) is 13.2 Å². The van der Waals surface area contributed by atoms with E-state index in [1.165, 1.54) is 0 Å². The van der Waals surface area contributed by atoms with Gasteiger partial charge in [-0.15, -0.1) is 0 Å². The van der Waals surface area contributed by atoms with Crippen LogP contribution in [-0.2, 0) is 11.2 Å². The molecule has 0 spiro atoms. The van der Waals surface area contributed by atoms with Gasteiger partial charge in [-0.1, -0.05) is 19.1 Å². The number of hydrogen-bond acceptors (Lipinski definition) is 4. The fourth-order valence-corrected chi connectivity index (χ4v) is 1.89. The molecule has 0 amide bonds. The first kappa shape index (κ1) is 16.5. The van der Waals surface area contributed by atoms with E-state index >= 15 is 0 Å². The Morgan fingerprint density at radius 2 is 2.00 bits per heavy atom. The summed E-state index contributed by atoms with van der Waals surface area (Å²) < 4.78 is 5.55. The van der Waals surface area contributed by atoms with E-state index in [4.69, 9.17) is 20.7 Å². The van der Waals surface area contributed by atoms with Crippen molar-refractivity contribution in [2.45, 2.75) is 38.1 Å². The molecule has 0 fully saturated rings. The number of nitrogens with two attached hydrogens (primary N) is 1. The molecule has 0 aliphatic heterocycles. The van der Waals surface area contributed by atoms with Gasteiger partial charge in [-0.3, -0.25) is 4.79 Å². The fourth-order valence-electron chi connectivity index (χ4n) is 1.89.